The maximum absolute atomic E-state index is 14.9. The number of methoxy groups -OCH3 is 1. The van der Waals surface area contributed by atoms with Crippen molar-refractivity contribution in [1.82, 2.24) is 25.3 Å². The summed E-state index contributed by atoms with van der Waals surface area (Å²) < 4.78 is 31.1. The zero-order chi connectivity index (χ0) is 29.5. The molecular weight excluding hydrogens is 561 g/mol. The summed E-state index contributed by atoms with van der Waals surface area (Å²) in [5.41, 5.74) is 0.925. The van der Waals surface area contributed by atoms with Gasteiger partial charge in [0, 0.05) is 44.4 Å². The van der Waals surface area contributed by atoms with Crippen LogP contribution in [0.3, 0.4) is 0 Å². The summed E-state index contributed by atoms with van der Waals surface area (Å²) in [5, 5.41) is 8.54. The second kappa shape index (κ2) is 13.6. The number of halogens is 1. The maximum Gasteiger partial charge on any atom is 0.261 e. The van der Waals surface area contributed by atoms with Crippen molar-refractivity contribution in [3.8, 4) is 34.3 Å². The normalized spacial score (nSPS) is 14.4. The van der Waals surface area contributed by atoms with Crippen LogP contribution >= 0.6 is 11.3 Å². The van der Waals surface area contributed by atoms with Crippen LogP contribution in [0.1, 0.15) is 23.0 Å². The summed E-state index contributed by atoms with van der Waals surface area (Å²) in [7, 11) is 1.59. The number of benzene rings is 2. The third kappa shape index (κ3) is 7.12. The van der Waals surface area contributed by atoms with Gasteiger partial charge in [0.1, 0.15) is 23.4 Å². The largest absolute Gasteiger partial charge is 0.497 e. The van der Waals surface area contributed by atoms with Crippen molar-refractivity contribution >= 4 is 23.2 Å². The maximum atomic E-state index is 14.9. The van der Waals surface area contributed by atoms with Gasteiger partial charge in [-0.25, -0.2) is 4.39 Å². The highest BCUT2D eigenvalue weighted by Crippen LogP contribution is 2.27. The Kier molecular flexibility index (Phi) is 9.45. The van der Waals surface area contributed by atoms with Gasteiger partial charge in [-0.05, 0) is 61.2 Å². The predicted octanol–water partition coefficient (Wildman–Crippen LogP) is 4.34. The van der Waals surface area contributed by atoms with Gasteiger partial charge in [0.15, 0.2) is 0 Å². The number of carbonyl (C=O) groups is 2. The Morgan fingerprint density at radius 1 is 1.10 bits per heavy atom. The van der Waals surface area contributed by atoms with E-state index in [4.69, 9.17) is 14.0 Å². The van der Waals surface area contributed by atoms with Gasteiger partial charge >= 0.3 is 0 Å². The van der Waals surface area contributed by atoms with E-state index in [1.807, 2.05) is 11.4 Å². The van der Waals surface area contributed by atoms with Crippen molar-refractivity contribution in [3.63, 3.8) is 0 Å². The van der Waals surface area contributed by atoms with Gasteiger partial charge in [-0.3, -0.25) is 14.5 Å². The number of piperazine rings is 1. The lowest BCUT2D eigenvalue weighted by atomic mass is 10.2. The van der Waals surface area contributed by atoms with E-state index < -0.39 is 11.9 Å². The summed E-state index contributed by atoms with van der Waals surface area (Å²) in [6.07, 6.45) is 0.751. The van der Waals surface area contributed by atoms with Crippen LogP contribution in [-0.2, 0) is 4.79 Å². The molecule has 1 N–H and O–H groups in total. The molecule has 1 atom stereocenters. The zero-order valence-electron chi connectivity index (χ0n) is 23.4. The highest BCUT2D eigenvalue weighted by atomic mass is 32.1. The molecule has 220 valence electrons. The molecule has 3 heterocycles. The van der Waals surface area contributed by atoms with Crippen LogP contribution in [0.5, 0.6) is 11.5 Å². The Balaban J connectivity index is 1.03. The molecule has 2 amide bonds. The summed E-state index contributed by atoms with van der Waals surface area (Å²) >= 11 is 1.35. The van der Waals surface area contributed by atoms with Crippen LogP contribution < -0.4 is 14.8 Å². The number of hydrogen-bond acceptors (Lipinski definition) is 9. The van der Waals surface area contributed by atoms with Gasteiger partial charge in [0.25, 0.3) is 11.8 Å². The number of aromatic nitrogens is 2. The van der Waals surface area contributed by atoms with E-state index in [1.165, 1.54) is 17.4 Å². The molecule has 1 aliphatic heterocycles. The van der Waals surface area contributed by atoms with Crippen molar-refractivity contribution < 1.29 is 28.0 Å². The van der Waals surface area contributed by atoms with Gasteiger partial charge in [-0.15, -0.1) is 11.3 Å². The van der Waals surface area contributed by atoms with E-state index in [0.717, 1.165) is 26.1 Å². The van der Waals surface area contributed by atoms with Crippen molar-refractivity contribution in [1.29, 1.82) is 0 Å². The monoisotopic (exact) mass is 593 g/mol. The zero-order valence-corrected chi connectivity index (χ0v) is 24.2. The van der Waals surface area contributed by atoms with Gasteiger partial charge in [0.05, 0.1) is 24.2 Å². The second-order valence-corrected chi connectivity index (χ2v) is 10.8. The summed E-state index contributed by atoms with van der Waals surface area (Å²) in [4.78, 5) is 34.0. The Morgan fingerprint density at radius 3 is 2.55 bits per heavy atom. The molecule has 4 aromatic rings. The minimum atomic E-state index is -0.582. The number of carbonyl (C=O) groups excluding carboxylic acids is 2. The minimum absolute atomic E-state index is 0.0776. The molecule has 2 aromatic carbocycles. The average Bonchev–Trinajstić information content (AvgIpc) is 3.73. The molecule has 12 heteroatoms. The number of rotatable bonds is 11. The topological polar surface area (TPSA) is 110 Å². The van der Waals surface area contributed by atoms with Gasteiger partial charge in [0.2, 0.25) is 11.7 Å². The lowest BCUT2D eigenvalue weighted by Gasteiger charge is -2.36. The van der Waals surface area contributed by atoms with Crippen molar-refractivity contribution in [2.24, 2.45) is 0 Å². The van der Waals surface area contributed by atoms with Crippen LogP contribution in [-0.4, -0.2) is 84.2 Å². The first-order chi connectivity index (χ1) is 20.4. The summed E-state index contributed by atoms with van der Waals surface area (Å²) in [6.45, 7) is 5.62. The Hall–Kier alpha value is -4.29. The first-order valence-electron chi connectivity index (χ1n) is 13.7. The fourth-order valence-corrected chi connectivity index (χ4v) is 5.26. The number of hydrogen-bond donors (Lipinski definition) is 1. The predicted molar refractivity (Wildman–Crippen MR) is 156 cm³/mol. The van der Waals surface area contributed by atoms with Crippen molar-refractivity contribution in [2.75, 3.05) is 46.4 Å². The molecule has 0 bridgehead atoms. The molecule has 1 unspecified atom stereocenters. The van der Waals surface area contributed by atoms with Crippen LogP contribution in [0, 0.1) is 5.82 Å². The van der Waals surface area contributed by atoms with Gasteiger partial charge in [-0.2, -0.15) is 4.98 Å². The molecule has 42 heavy (non-hydrogen) atoms. The second-order valence-electron chi connectivity index (χ2n) is 9.83. The van der Waals surface area contributed by atoms with Crippen LogP contribution in [0.4, 0.5) is 4.39 Å². The third-order valence-electron chi connectivity index (χ3n) is 6.98. The molecule has 0 spiro atoms. The van der Waals surface area contributed by atoms with Crippen LogP contribution in [0.2, 0.25) is 0 Å². The van der Waals surface area contributed by atoms with E-state index >= 15 is 0 Å². The molecule has 1 aliphatic rings. The highest BCUT2D eigenvalue weighted by Gasteiger charge is 2.26. The number of nitrogens with zero attached hydrogens (tertiary/aromatic N) is 4. The number of thiophene rings is 1. The van der Waals surface area contributed by atoms with Crippen molar-refractivity contribution in [3.05, 3.63) is 70.7 Å². The van der Waals surface area contributed by atoms with Crippen LogP contribution in [0.25, 0.3) is 22.8 Å². The Labute approximate surface area is 247 Å². The van der Waals surface area contributed by atoms with Gasteiger partial charge < -0.3 is 24.2 Å². The summed E-state index contributed by atoms with van der Waals surface area (Å²) in [5.74, 6) is 0.756. The molecule has 0 aliphatic carbocycles. The molecule has 10 nitrogen and oxygen atoms in total. The lowest BCUT2D eigenvalue weighted by Crippen LogP contribution is -2.54. The quantitative estimate of drug-likeness (QED) is 0.256. The van der Waals surface area contributed by atoms with E-state index in [0.29, 0.717) is 41.6 Å². The van der Waals surface area contributed by atoms with E-state index in [1.54, 1.807) is 61.4 Å². The van der Waals surface area contributed by atoms with E-state index in [2.05, 4.69) is 20.4 Å². The Morgan fingerprint density at radius 2 is 1.86 bits per heavy atom. The minimum Gasteiger partial charge on any atom is -0.497 e. The SMILES string of the molecule is COc1ccc(-c2nc(-c3ccc(OCCCN4CCN(C(=O)C(C)NC(=O)c5cccs5)CC4)cc3F)no2)cc1. The number of amides is 2. The smallest absolute Gasteiger partial charge is 0.261 e. The third-order valence-corrected chi connectivity index (χ3v) is 7.85. The molecule has 5 rings (SSSR count). The first-order valence-corrected chi connectivity index (χ1v) is 14.6. The fraction of sp³-hybridized carbons (Fsp3) is 0.333. The average molecular weight is 594 g/mol. The highest BCUT2D eigenvalue weighted by molar-refractivity contribution is 7.12. The molecule has 1 saturated heterocycles. The molecule has 0 saturated carbocycles. The molecule has 1 fully saturated rings. The summed E-state index contributed by atoms with van der Waals surface area (Å²) in [6, 6.07) is 14.7. The first kappa shape index (κ1) is 29.2. The Bertz CT molecular complexity index is 1490. The van der Waals surface area contributed by atoms with E-state index in [9.17, 15) is 14.0 Å². The fourth-order valence-electron chi connectivity index (χ4n) is 4.63. The number of nitrogens with one attached hydrogen (secondary N) is 1. The van der Waals surface area contributed by atoms with Crippen molar-refractivity contribution in [2.45, 2.75) is 19.4 Å². The van der Waals surface area contributed by atoms with Crippen LogP contribution in [0.15, 0.2) is 64.5 Å². The molecule has 0 radical (unpaired) electrons. The molecular formula is C30H32FN5O5S. The standard InChI is InChI=1S/C30H32FN5O5S/c1-20(32-28(37)26-5-3-18-42-26)30(38)36-15-13-35(14-16-36)12-4-17-40-23-10-11-24(25(31)19-23)27-33-29(41-34-27)21-6-8-22(39-2)9-7-21/h3,5-11,18-20H,4,12-17H2,1-2H3,(H,32,37). The lowest BCUT2D eigenvalue weighted by molar-refractivity contribution is -0.134. The molecule has 2 aromatic heterocycles. The number of ether oxygens (including phenoxy) is 2. The van der Waals surface area contributed by atoms with E-state index in [-0.39, 0.29) is 29.1 Å². The van der Waals surface area contributed by atoms with Gasteiger partial charge in [-0.1, -0.05) is 11.2 Å².